The van der Waals surface area contributed by atoms with Gasteiger partial charge in [-0.2, -0.15) is 5.10 Å². The first-order valence-electron chi connectivity index (χ1n) is 8.15. The van der Waals surface area contributed by atoms with E-state index in [1.54, 1.807) is 16.9 Å². The third kappa shape index (κ3) is 3.12. The second-order valence-corrected chi connectivity index (χ2v) is 5.77. The molecular weight excluding hydrogens is 328 g/mol. The average Bonchev–Trinajstić information content (AvgIpc) is 3.30. The Bertz CT molecular complexity index is 1040. The maximum Gasteiger partial charge on any atom is 0.312 e. The summed E-state index contributed by atoms with van der Waals surface area (Å²) in [4.78, 5) is 16.6. The number of para-hydroxylation sites is 1. The topological polar surface area (TPSA) is 73.0 Å². The Balaban J connectivity index is 1.59. The highest BCUT2D eigenvalue weighted by Crippen LogP contribution is 2.21. The minimum Gasteiger partial charge on any atom is -0.432 e. The van der Waals surface area contributed by atoms with Crippen LogP contribution in [0.5, 0.6) is 0 Å². The minimum atomic E-state index is -0.427. The smallest absolute Gasteiger partial charge is 0.312 e. The molecule has 0 aliphatic heterocycles. The van der Waals surface area contributed by atoms with Crippen LogP contribution in [0.3, 0.4) is 0 Å². The summed E-state index contributed by atoms with van der Waals surface area (Å²) in [5, 5.41) is 7.25. The van der Waals surface area contributed by atoms with Crippen LogP contribution in [-0.4, -0.2) is 20.7 Å². The van der Waals surface area contributed by atoms with Crippen molar-refractivity contribution in [3.05, 3.63) is 84.5 Å². The quantitative estimate of drug-likeness (QED) is 0.605. The zero-order valence-corrected chi connectivity index (χ0v) is 14.1. The highest BCUT2D eigenvalue weighted by atomic mass is 16.4. The van der Waals surface area contributed by atoms with Gasteiger partial charge in [-0.25, -0.2) is 9.67 Å². The normalized spacial score (nSPS) is 10.7. The molecule has 26 heavy (non-hydrogen) atoms. The molecule has 2 aromatic carbocycles. The van der Waals surface area contributed by atoms with Gasteiger partial charge in [0.05, 0.1) is 17.6 Å². The molecule has 128 valence electrons. The minimum absolute atomic E-state index is 0.00215. The van der Waals surface area contributed by atoms with Gasteiger partial charge in [0, 0.05) is 11.6 Å². The van der Waals surface area contributed by atoms with E-state index >= 15 is 0 Å². The molecule has 0 fully saturated rings. The van der Waals surface area contributed by atoms with Gasteiger partial charge in [0.1, 0.15) is 5.82 Å². The number of carbonyl (C=O) groups is 1. The molecule has 1 amide bonds. The Morgan fingerprint density at radius 2 is 1.73 bits per heavy atom. The Morgan fingerprint density at radius 3 is 2.46 bits per heavy atom. The predicted molar refractivity (Wildman–Crippen MR) is 98.2 cm³/mol. The first-order valence-corrected chi connectivity index (χ1v) is 8.15. The van der Waals surface area contributed by atoms with Crippen LogP contribution in [0.15, 0.2) is 77.3 Å². The maximum absolute atomic E-state index is 12.5. The third-order valence-corrected chi connectivity index (χ3v) is 3.83. The number of benzene rings is 2. The molecule has 6 heteroatoms. The molecule has 0 radical (unpaired) electrons. The van der Waals surface area contributed by atoms with Crippen LogP contribution in [-0.2, 0) is 0 Å². The second kappa shape index (κ2) is 6.68. The van der Waals surface area contributed by atoms with Gasteiger partial charge in [0.2, 0.25) is 0 Å². The number of aromatic nitrogens is 3. The summed E-state index contributed by atoms with van der Waals surface area (Å²) < 4.78 is 7.28. The number of anilines is 1. The van der Waals surface area contributed by atoms with Crippen molar-refractivity contribution in [1.82, 2.24) is 14.8 Å². The van der Waals surface area contributed by atoms with E-state index in [9.17, 15) is 4.79 Å². The molecule has 0 unspecified atom stereocenters. The Labute approximate surface area is 150 Å². The molecule has 0 aliphatic carbocycles. The van der Waals surface area contributed by atoms with Gasteiger partial charge in [-0.15, -0.1) is 0 Å². The second-order valence-electron chi connectivity index (χ2n) is 5.77. The SMILES string of the molecule is Cc1cc(NC(=O)c2ncc(-c3ccccc3)o2)n(-c2ccccc2)n1. The molecular formula is C20H16N4O2. The summed E-state index contributed by atoms with van der Waals surface area (Å²) in [6.45, 7) is 1.87. The lowest BCUT2D eigenvalue weighted by Crippen LogP contribution is -2.15. The fourth-order valence-electron chi connectivity index (χ4n) is 2.64. The van der Waals surface area contributed by atoms with Crippen LogP contribution in [0.2, 0.25) is 0 Å². The number of amides is 1. The summed E-state index contributed by atoms with van der Waals surface area (Å²) in [6, 6.07) is 20.9. The number of carbonyl (C=O) groups excluding carboxylic acids is 1. The summed E-state index contributed by atoms with van der Waals surface area (Å²) in [6.07, 6.45) is 1.55. The molecule has 2 aromatic heterocycles. The Kier molecular flexibility index (Phi) is 4.07. The number of hydrogen-bond acceptors (Lipinski definition) is 4. The van der Waals surface area contributed by atoms with E-state index in [0.29, 0.717) is 11.6 Å². The van der Waals surface area contributed by atoms with E-state index in [1.807, 2.05) is 67.6 Å². The van der Waals surface area contributed by atoms with Gasteiger partial charge in [-0.05, 0) is 19.1 Å². The van der Waals surface area contributed by atoms with E-state index in [2.05, 4.69) is 15.4 Å². The summed E-state index contributed by atoms with van der Waals surface area (Å²) in [7, 11) is 0. The lowest BCUT2D eigenvalue weighted by Gasteiger charge is -2.07. The Hall–Kier alpha value is -3.67. The number of nitrogens with zero attached hydrogens (tertiary/aromatic N) is 3. The Morgan fingerprint density at radius 1 is 1.04 bits per heavy atom. The highest BCUT2D eigenvalue weighted by molar-refractivity contribution is 6.00. The molecule has 0 atom stereocenters. The van der Waals surface area contributed by atoms with Crippen molar-refractivity contribution < 1.29 is 9.21 Å². The van der Waals surface area contributed by atoms with Crippen LogP contribution in [0, 0.1) is 6.92 Å². The molecule has 0 aliphatic rings. The van der Waals surface area contributed by atoms with Gasteiger partial charge in [0.15, 0.2) is 5.76 Å². The number of aryl methyl sites for hydroxylation is 1. The van der Waals surface area contributed by atoms with Gasteiger partial charge in [-0.1, -0.05) is 48.5 Å². The van der Waals surface area contributed by atoms with Crippen molar-refractivity contribution in [2.24, 2.45) is 0 Å². The van der Waals surface area contributed by atoms with Crippen molar-refractivity contribution in [2.45, 2.75) is 6.92 Å². The molecule has 2 heterocycles. The molecule has 0 saturated carbocycles. The van der Waals surface area contributed by atoms with Gasteiger partial charge in [0.25, 0.3) is 5.89 Å². The van der Waals surface area contributed by atoms with Crippen molar-refractivity contribution in [3.63, 3.8) is 0 Å². The van der Waals surface area contributed by atoms with E-state index in [1.165, 1.54) is 0 Å². The van der Waals surface area contributed by atoms with Crippen molar-refractivity contribution in [2.75, 3.05) is 5.32 Å². The zero-order chi connectivity index (χ0) is 17.9. The maximum atomic E-state index is 12.5. The first kappa shape index (κ1) is 15.8. The van der Waals surface area contributed by atoms with Crippen molar-refractivity contribution >= 4 is 11.7 Å². The highest BCUT2D eigenvalue weighted by Gasteiger charge is 2.17. The van der Waals surface area contributed by atoms with E-state index in [4.69, 9.17) is 4.42 Å². The van der Waals surface area contributed by atoms with Gasteiger partial charge >= 0.3 is 5.91 Å². The lowest BCUT2D eigenvalue weighted by atomic mass is 10.2. The predicted octanol–water partition coefficient (Wildman–Crippen LogP) is 4.09. The molecule has 4 rings (SSSR count). The number of hydrogen-bond donors (Lipinski definition) is 1. The fourth-order valence-corrected chi connectivity index (χ4v) is 2.64. The van der Waals surface area contributed by atoms with Gasteiger partial charge < -0.3 is 9.73 Å². The largest absolute Gasteiger partial charge is 0.432 e. The molecule has 0 saturated heterocycles. The number of rotatable bonds is 4. The first-order chi connectivity index (χ1) is 12.7. The van der Waals surface area contributed by atoms with Crippen LogP contribution in [0.4, 0.5) is 5.82 Å². The van der Waals surface area contributed by atoms with E-state index in [0.717, 1.165) is 16.9 Å². The van der Waals surface area contributed by atoms with Crippen LogP contribution >= 0.6 is 0 Å². The molecule has 1 N–H and O–H groups in total. The van der Waals surface area contributed by atoms with Crippen LogP contribution in [0.1, 0.15) is 16.4 Å². The molecule has 4 aromatic rings. The molecule has 0 bridgehead atoms. The summed E-state index contributed by atoms with van der Waals surface area (Å²) in [5.41, 5.74) is 2.51. The van der Waals surface area contributed by atoms with Crippen LogP contribution in [0.25, 0.3) is 17.0 Å². The van der Waals surface area contributed by atoms with Crippen molar-refractivity contribution in [3.8, 4) is 17.0 Å². The lowest BCUT2D eigenvalue weighted by molar-refractivity contribution is 0.0990. The standard InChI is InChI=1S/C20H16N4O2/c1-14-12-18(24(23-14)16-10-6-3-7-11-16)22-19(25)20-21-13-17(26-20)15-8-4-2-5-9-15/h2-13H,1H3,(H,22,25). The number of nitrogens with one attached hydrogen (secondary N) is 1. The summed E-state index contributed by atoms with van der Waals surface area (Å²) in [5.74, 6) is 0.674. The third-order valence-electron chi connectivity index (χ3n) is 3.83. The van der Waals surface area contributed by atoms with Gasteiger partial charge in [-0.3, -0.25) is 4.79 Å². The molecule has 6 nitrogen and oxygen atoms in total. The molecule has 0 spiro atoms. The zero-order valence-electron chi connectivity index (χ0n) is 14.1. The summed E-state index contributed by atoms with van der Waals surface area (Å²) >= 11 is 0. The monoisotopic (exact) mass is 344 g/mol. The average molecular weight is 344 g/mol. The van der Waals surface area contributed by atoms with Crippen LogP contribution < -0.4 is 5.32 Å². The van der Waals surface area contributed by atoms with E-state index < -0.39 is 5.91 Å². The number of oxazole rings is 1. The van der Waals surface area contributed by atoms with E-state index in [-0.39, 0.29) is 5.89 Å². The fraction of sp³-hybridized carbons (Fsp3) is 0.0500. The van der Waals surface area contributed by atoms with Crippen molar-refractivity contribution in [1.29, 1.82) is 0 Å².